The molecule has 2 unspecified atom stereocenters. The van der Waals surface area contributed by atoms with Crippen molar-refractivity contribution in [1.29, 1.82) is 0 Å². The quantitative estimate of drug-likeness (QED) is 0.190. The monoisotopic (exact) mass is 601 g/mol. The predicted octanol–water partition coefficient (Wildman–Crippen LogP) is 12.9. The average molecular weight is 602 g/mol. The molecule has 0 N–H and O–H groups in total. The molecule has 9 aromatic rings. The van der Waals surface area contributed by atoms with E-state index in [1.165, 1.54) is 118 Å². The number of benzene rings is 7. The van der Waals surface area contributed by atoms with Gasteiger partial charge in [-0.05, 0) is 137 Å². The third-order valence-electron chi connectivity index (χ3n) is 12.7. The number of hydrogen-bond acceptors (Lipinski definition) is 1. The first-order valence-electron chi connectivity index (χ1n) is 17.3. The Morgan fingerprint density at radius 1 is 0.489 bits per heavy atom. The van der Waals surface area contributed by atoms with E-state index in [0.717, 1.165) is 0 Å². The van der Waals surface area contributed by atoms with E-state index >= 15 is 0 Å². The van der Waals surface area contributed by atoms with E-state index in [1.54, 1.807) is 0 Å². The lowest BCUT2D eigenvalue weighted by Gasteiger charge is -2.50. The lowest BCUT2D eigenvalue weighted by Crippen LogP contribution is -2.54. The lowest BCUT2D eigenvalue weighted by atomic mass is 9.61. The Bertz CT molecular complexity index is 2640. The molecule has 1 saturated carbocycles. The Balaban J connectivity index is 1.15. The van der Waals surface area contributed by atoms with Crippen molar-refractivity contribution in [3.8, 4) is 11.1 Å². The summed E-state index contributed by atoms with van der Waals surface area (Å²) in [6, 6.07) is 48.7. The van der Waals surface area contributed by atoms with Crippen LogP contribution >= 0.6 is 0 Å². The van der Waals surface area contributed by atoms with Crippen molar-refractivity contribution in [2.45, 2.75) is 50.5 Å². The first-order valence-corrected chi connectivity index (χ1v) is 17.3. The zero-order valence-corrected chi connectivity index (χ0v) is 26.9. The van der Waals surface area contributed by atoms with Gasteiger partial charge in [-0.3, -0.25) is 0 Å². The third-order valence-corrected chi connectivity index (χ3v) is 12.7. The molecule has 1 nitrogen and oxygen atoms in total. The molecule has 224 valence electrons. The number of hydrogen-bond donors (Lipinski definition) is 0. The van der Waals surface area contributed by atoms with E-state index < -0.39 is 0 Å². The maximum atomic E-state index is 2.67. The number of nitrogens with zero attached hydrogens (tertiary/aromatic N) is 1. The molecule has 2 aliphatic rings. The normalized spacial score (nSPS) is 21.2. The predicted molar refractivity (Wildman–Crippen MR) is 202 cm³/mol. The maximum Gasteiger partial charge on any atom is 0.0517 e. The van der Waals surface area contributed by atoms with Crippen LogP contribution in [0.25, 0.3) is 75.8 Å². The van der Waals surface area contributed by atoms with E-state index in [4.69, 9.17) is 0 Å². The molecule has 47 heavy (non-hydrogen) atoms. The van der Waals surface area contributed by atoms with Crippen molar-refractivity contribution in [3.05, 3.63) is 133 Å². The van der Waals surface area contributed by atoms with Crippen LogP contribution in [0.3, 0.4) is 0 Å². The minimum absolute atomic E-state index is 0.0561. The van der Waals surface area contributed by atoms with Crippen LogP contribution in [0, 0.1) is 0 Å². The van der Waals surface area contributed by atoms with Gasteiger partial charge in [0.15, 0.2) is 0 Å². The fourth-order valence-electron chi connectivity index (χ4n) is 10.3. The molecular formula is C46H35N. The highest BCUT2D eigenvalue weighted by molar-refractivity contribution is 6.38. The Morgan fingerprint density at radius 2 is 1.11 bits per heavy atom. The minimum atomic E-state index is 0.0561. The highest BCUT2D eigenvalue weighted by Crippen LogP contribution is 2.61. The van der Waals surface area contributed by atoms with Gasteiger partial charge in [0.1, 0.15) is 0 Å². The van der Waals surface area contributed by atoms with Crippen molar-refractivity contribution in [2.24, 2.45) is 0 Å². The second-order valence-corrected chi connectivity index (χ2v) is 14.8. The van der Waals surface area contributed by atoms with Crippen LogP contribution in [0.15, 0.2) is 127 Å². The molecule has 1 heteroatoms. The first-order chi connectivity index (χ1) is 23.0. The van der Waals surface area contributed by atoms with Gasteiger partial charge in [-0.25, -0.2) is 0 Å². The SMILES string of the molecule is CC12CCCCC1(C)N(c1ccccc1)c1ccc(-c3ccc4c5cc6c(cc5c5cccc3c54)c3cccc4cccc6c43)cc12. The topological polar surface area (TPSA) is 3.24 Å². The van der Waals surface area contributed by atoms with Gasteiger partial charge in [0.05, 0.1) is 5.54 Å². The molecule has 0 aromatic heterocycles. The van der Waals surface area contributed by atoms with Crippen LogP contribution in [0.2, 0.25) is 0 Å². The molecule has 0 radical (unpaired) electrons. The van der Waals surface area contributed by atoms with Crippen LogP contribution in [0.1, 0.15) is 45.1 Å². The Morgan fingerprint density at radius 3 is 1.83 bits per heavy atom. The van der Waals surface area contributed by atoms with Crippen LogP contribution in [-0.2, 0) is 5.41 Å². The molecular weight excluding hydrogens is 567 g/mol. The van der Waals surface area contributed by atoms with Gasteiger partial charge in [-0.15, -0.1) is 0 Å². The summed E-state index contributed by atoms with van der Waals surface area (Å²) in [7, 11) is 0. The minimum Gasteiger partial charge on any atom is -0.334 e. The summed E-state index contributed by atoms with van der Waals surface area (Å²) < 4.78 is 0. The fraction of sp³-hybridized carbons (Fsp3) is 0.174. The molecule has 11 rings (SSSR count). The number of fused-ring (bicyclic) bond motifs is 9. The number of rotatable bonds is 2. The van der Waals surface area contributed by atoms with Crippen LogP contribution < -0.4 is 4.90 Å². The van der Waals surface area contributed by atoms with Gasteiger partial charge in [0, 0.05) is 16.8 Å². The lowest BCUT2D eigenvalue weighted by molar-refractivity contribution is 0.195. The average Bonchev–Trinajstić information content (AvgIpc) is 3.67. The highest BCUT2D eigenvalue weighted by Gasteiger charge is 2.57. The smallest absolute Gasteiger partial charge is 0.0517 e. The van der Waals surface area contributed by atoms with Crippen LogP contribution in [0.5, 0.6) is 0 Å². The summed E-state index contributed by atoms with van der Waals surface area (Å²) in [6.07, 6.45) is 5.02. The van der Waals surface area contributed by atoms with Crippen molar-refractivity contribution in [2.75, 3.05) is 4.90 Å². The van der Waals surface area contributed by atoms with E-state index in [9.17, 15) is 0 Å². The zero-order chi connectivity index (χ0) is 31.1. The van der Waals surface area contributed by atoms with Crippen molar-refractivity contribution in [3.63, 3.8) is 0 Å². The molecule has 1 fully saturated rings. The summed E-state index contributed by atoms with van der Waals surface area (Å²) >= 11 is 0. The highest BCUT2D eigenvalue weighted by atomic mass is 15.2. The van der Waals surface area contributed by atoms with E-state index in [2.05, 4.69) is 146 Å². The summed E-state index contributed by atoms with van der Waals surface area (Å²) in [5.41, 5.74) is 7.02. The first kappa shape index (κ1) is 26.0. The van der Waals surface area contributed by atoms with Gasteiger partial charge in [0.25, 0.3) is 0 Å². The molecule has 2 atom stereocenters. The second kappa shape index (κ2) is 8.81. The van der Waals surface area contributed by atoms with E-state index in [0.29, 0.717) is 0 Å². The van der Waals surface area contributed by atoms with Crippen molar-refractivity contribution < 1.29 is 0 Å². The Hall–Kier alpha value is -5.14. The van der Waals surface area contributed by atoms with Crippen molar-refractivity contribution >= 4 is 76.0 Å². The zero-order valence-electron chi connectivity index (χ0n) is 26.9. The van der Waals surface area contributed by atoms with Crippen LogP contribution in [0.4, 0.5) is 11.4 Å². The second-order valence-electron chi connectivity index (χ2n) is 14.8. The van der Waals surface area contributed by atoms with Crippen LogP contribution in [-0.4, -0.2) is 5.54 Å². The molecule has 1 heterocycles. The summed E-state index contributed by atoms with van der Waals surface area (Å²) in [4.78, 5) is 2.67. The van der Waals surface area contributed by atoms with Gasteiger partial charge in [0.2, 0.25) is 0 Å². The standard InChI is InChI=1S/C46H35N/c1-45-23-6-7-24-46(45,2)47(30-13-4-3-5-14-30)42-22-19-29(25-41(42)45)31-20-21-36-40-27-38-34-16-9-12-28-11-8-15-33(43(28)34)37(38)26-39(40)35-18-10-17-32(31)44(35)36/h3-5,8-22,25-27H,6-7,23-24H2,1-2H3. The van der Waals surface area contributed by atoms with Crippen molar-refractivity contribution in [1.82, 2.24) is 0 Å². The summed E-state index contributed by atoms with van der Waals surface area (Å²) in [6.45, 7) is 5.06. The van der Waals surface area contributed by atoms with Gasteiger partial charge in [-0.2, -0.15) is 0 Å². The van der Waals surface area contributed by atoms with E-state index in [-0.39, 0.29) is 11.0 Å². The fourth-order valence-corrected chi connectivity index (χ4v) is 10.3. The molecule has 0 saturated heterocycles. The molecule has 9 aromatic carbocycles. The summed E-state index contributed by atoms with van der Waals surface area (Å²) in [5, 5.41) is 16.4. The molecule has 0 amide bonds. The van der Waals surface area contributed by atoms with Gasteiger partial charge < -0.3 is 4.90 Å². The summed E-state index contributed by atoms with van der Waals surface area (Å²) in [5.74, 6) is 0. The molecule has 1 aliphatic carbocycles. The van der Waals surface area contributed by atoms with Gasteiger partial charge in [-0.1, -0.05) is 111 Å². The van der Waals surface area contributed by atoms with Gasteiger partial charge >= 0.3 is 0 Å². The third kappa shape index (κ3) is 3.11. The molecule has 0 bridgehead atoms. The molecule has 1 aliphatic heterocycles. The number of anilines is 2. The van der Waals surface area contributed by atoms with E-state index in [1.807, 2.05) is 0 Å². The number of para-hydroxylation sites is 1. The maximum absolute atomic E-state index is 2.67. The largest absolute Gasteiger partial charge is 0.334 e. The Kier molecular flexibility index (Phi) is 4.87. The molecule has 0 spiro atoms. The Labute approximate surface area is 274 Å².